The molecule has 0 saturated heterocycles. The van der Waals surface area contributed by atoms with Gasteiger partial charge >= 0.3 is 5.97 Å². The van der Waals surface area contributed by atoms with Crippen LogP contribution in [0.5, 0.6) is 5.88 Å². The molecule has 0 aliphatic rings. The largest absolute Gasteiger partial charge is 0.481 e. The zero-order chi connectivity index (χ0) is 17.4. The fraction of sp³-hybridized carbons (Fsp3) is 0.286. The molecule has 0 bridgehead atoms. The van der Waals surface area contributed by atoms with Gasteiger partial charge in [0, 0.05) is 13.1 Å². The van der Waals surface area contributed by atoms with Gasteiger partial charge in [0.15, 0.2) is 5.82 Å². The molecule has 23 heavy (non-hydrogen) atoms. The third-order valence-electron chi connectivity index (χ3n) is 3.47. The summed E-state index contributed by atoms with van der Waals surface area (Å²) < 4.78 is 33.6. The normalized spacial score (nSPS) is 11.3. The number of sulfonamides is 1. The fourth-order valence-corrected chi connectivity index (χ4v) is 3.19. The number of benzene rings is 1. The monoisotopic (exact) mass is 339 g/mol. The molecule has 0 aliphatic heterocycles. The summed E-state index contributed by atoms with van der Waals surface area (Å²) in [7, 11) is -0.916. The fourth-order valence-electron chi connectivity index (χ4n) is 2.09. The van der Waals surface area contributed by atoms with Crippen LogP contribution in [0.3, 0.4) is 0 Å². The summed E-state index contributed by atoms with van der Waals surface area (Å²) in [6.07, 6.45) is 0. The highest BCUT2D eigenvalue weighted by Gasteiger charge is 2.21. The molecule has 0 amide bonds. The van der Waals surface area contributed by atoms with Crippen LogP contribution in [0.1, 0.15) is 21.5 Å². The molecule has 124 valence electrons. The van der Waals surface area contributed by atoms with Gasteiger partial charge in [-0.25, -0.2) is 17.9 Å². The molecule has 2 aromatic rings. The Kier molecular flexibility index (Phi) is 4.33. The van der Waals surface area contributed by atoms with Gasteiger partial charge in [0.1, 0.15) is 0 Å². The summed E-state index contributed by atoms with van der Waals surface area (Å²) in [5.74, 6) is -0.712. The van der Waals surface area contributed by atoms with Crippen LogP contribution in [0.2, 0.25) is 0 Å². The predicted octanol–water partition coefficient (Wildman–Crippen LogP) is 1.54. The van der Waals surface area contributed by atoms with Gasteiger partial charge in [0.05, 0.1) is 17.6 Å². The first kappa shape index (κ1) is 16.8. The molecule has 0 atom stereocenters. The number of carbonyl (C=O) groups is 1. The number of carboxylic acids is 1. The van der Waals surface area contributed by atoms with Crippen LogP contribution in [0.25, 0.3) is 0 Å². The van der Waals surface area contributed by atoms with E-state index in [1.165, 1.54) is 23.9 Å². The Morgan fingerprint density at radius 2 is 1.96 bits per heavy atom. The Bertz CT molecular complexity index is 871. The molecule has 1 aromatic carbocycles. The molecule has 0 unspecified atom stereocenters. The quantitative estimate of drug-likeness (QED) is 0.855. The Hall–Kier alpha value is -2.55. The summed E-state index contributed by atoms with van der Waals surface area (Å²) in [6, 6.07) is 3.98. The van der Waals surface area contributed by atoms with Crippen LogP contribution >= 0.6 is 0 Å². The molecule has 8 nitrogen and oxygen atoms in total. The smallest absolute Gasteiger partial charge is 0.336 e. The van der Waals surface area contributed by atoms with Gasteiger partial charge in [0.2, 0.25) is 5.88 Å². The van der Waals surface area contributed by atoms with E-state index in [2.05, 4.69) is 9.82 Å². The van der Waals surface area contributed by atoms with Crippen molar-refractivity contribution in [3.05, 3.63) is 34.9 Å². The number of aromatic nitrogens is 2. The van der Waals surface area contributed by atoms with Crippen molar-refractivity contribution >= 4 is 21.8 Å². The number of ether oxygens (including phenoxy) is 1. The highest BCUT2D eigenvalue weighted by atomic mass is 32.2. The summed E-state index contributed by atoms with van der Waals surface area (Å²) in [6.45, 7) is 3.29. The van der Waals surface area contributed by atoms with E-state index >= 15 is 0 Å². The van der Waals surface area contributed by atoms with E-state index in [4.69, 9.17) is 4.74 Å². The number of carboxylic acid groups (broad SMARTS) is 1. The Morgan fingerprint density at radius 1 is 1.30 bits per heavy atom. The molecule has 1 heterocycles. The minimum Gasteiger partial charge on any atom is -0.481 e. The number of hydrogen-bond acceptors (Lipinski definition) is 5. The maximum absolute atomic E-state index is 12.5. The van der Waals surface area contributed by atoms with Crippen LogP contribution in [-0.4, -0.2) is 36.4 Å². The number of nitrogens with zero attached hydrogens (tertiary/aromatic N) is 2. The second kappa shape index (κ2) is 5.92. The third kappa shape index (κ3) is 3.29. The number of rotatable bonds is 5. The molecule has 2 rings (SSSR count). The van der Waals surface area contributed by atoms with Gasteiger partial charge in [-0.05, 0) is 37.1 Å². The second-order valence-corrected chi connectivity index (χ2v) is 6.70. The summed E-state index contributed by atoms with van der Waals surface area (Å²) in [5.41, 5.74) is 1.05. The van der Waals surface area contributed by atoms with Crippen molar-refractivity contribution in [3.63, 3.8) is 0 Å². The molecule has 0 aliphatic carbocycles. The Morgan fingerprint density at radius 3 is 2.48 bits per heavy atom. The first-order chi connectivity index (χ1) is 10.7. The predicted molar refractivity (Wildman–Crippen MR) is 83.4 cm³/mol. The minimum absolute atomic E-state index is 0.0519. The van der Waals surface area contributed by atoms with Gasteiger partial charge in [0.25, 0.3) is 10.0 Å². The Labute approximate surface area is 133 Å². The number of hydrogen-bond donors (Lipinski definition) is 2. The number of methoxy groups -OCH3 is 1. The van der Waals surface area contributed by atoms with Crippen molar-refractivity contribution in [2.75, 3.05) is 11.8 Å². The highest BCUT2D eigenvalue weighted by Crippen LogP contribution is 2.23. The summed E-state index contributed by atoms with van der Waals surface area (Å²) in [5, 5.41) is 13.2. The molecule has 0 radical (unpaired) electrons. The van der Waals surface area contributed by atoms with Crippen molar-refractivity contribution in [2.45, 2.75) is 18.7 Å². The standard InChI is InChI=1S/C14H17N3O5S/c1-8-5-10(6-11(9(8)2)14(18)19)23(20,21)16-12-7-13(22-4)17(3)15-12/h5-7H,1-4H3,(H,15,16)(H,18,19). The van der Waals surface area contributed by atoms with E-state index in [0.29, 0.717) is 17.0 Å². The van der Waals surface area contributed by atoms with Crippen molar-refractivity contribution in [2.24, 2.45) is 7.05 Å². The van der Waals surface area contributed by atoms with Crippen molar-refractivity contribution in [1.82, 2.24) is 9.78 Å². The number of anilines is 1. The van der Waals surface area contributed by atoms with Crippen LogP contribution in [0.15, 0.2) is 23.1 Å². The summed E-state index contributed by atoms with van der Waals surface area (Å²) >= 11 is 0. The molecular formula is C14H17N3O5S. The van der Waals surface area contributed by atoms with E-state index in [-0.39, 0.29) is 16.3 Å². The van der Waals surface area contributed by atoms with E-state index in [9.17, 15) is 18.3 Å². The van der Waals surface area contributed by atoms with E-state index in [1.807, 2.05) is 0 Å². The van der Waals surface area contributed by atoms with Crippen molar-refractivity contribution in [1.29, 1.82) is 0 Å². The number of aromatic carboxylic acids is 1. The summed E-state index contributed by atoms with van der Waals surface area (Å²) in [4.78, 5) is 11.1. The first-order valence-corrected chi connectivity index (χ1v) is 8.09. The zero-order valence-electron chi connectivity index (χ0n) is 13.1. The number of aryl methyl sites for hydroxylation is 2. The van der Waals surface area contributed by atoms with Gasteiger partial charge in [-0.2, -0.15) is 5.10 Å². The average molecular weight is 339 g/mol. The molecule has 1 aromatic heterocycles. The second-order valence-electron chi connectivity index (χ2n) is 5.02. The van der Waals surface area contributed by atoms with Crippen LogP contribution in [0.4, 0.5) is 5.82 Å². The maximum Gasteiger partial charge on any atom is 0.336 e. The van der Waals surface area contributed by atoms with Crippen LogP contribution in [0, 0.1) is 13.8 Å². The molecule has 2 N–H and O–H groups in total. The van der Waals surface area contributed by atoms with Gasteiger partial charge in [-0.3, -0.25) is 4.72 Å². The third-order valence-corrected chi connectivity index (χ3v) is 4.80. The lowest BCUT2D eigenvalue weighted by molar-refractivity contribution is 0.0695. The van der Waals surface area contributed by atoms with Crippen LogP contribution in [-0.2, 0) is 17.1 Å². The molecular weight excluding hydrogens is 322 g/mol. The minimum atomic E-state index is -3.96. The Balaban J connectivity index is 2.45. The maximum atomic E-state index is 12.5. The van der Waals surface area contributed by atoms with Gasteiger partial charge < -0.3 is 9.84 Å². The lowest BCUT2D eigenvalue weighted by atomic mass is 10.0. The van der Waals surface area contributed by atoms with Crippen molar-refractivity contribution < 1.29 is 23.1 Å². The average Bonchev–Trinajstić information content (AvgIpc) is 2.80. The lowest BCUT2D eigenvalue weighted by Gasteiger charge is -2.10. The van der Waals surface area contributed by atoms with Crippen LogP contribution < -0.4 is 9.46 Å². The van der Waals surface area contributed by atoms with Crippen molar-refractivity contribution in [3.8, 4) is 5.88 Å². The van der Waals surface area contributed by atoms with Gasteiger partial charge in [-0.1, -0.05) is 0 Å². The molecule has 0 saturated carbocycles. The zero-order valence-corrected chi connectivity index (χ0v) is 13.9. The lowest BCUT2D eigenvalue weighted by Crippen LogP contribution is -2.15. The molecule has 9 heteroatoms. The first-order valence-electron chi connectivity index (χ1n) is 6.61. The molecule has 0 spiro atoms. The molecule has 0 fully saturated rings. The SMILES string of the molecule is COc1cc(NS(=O)(=O)c2cc(C)c(C)c(C(=O)O)c2)nn1C. The van der Waals surface area contributed by atoms with Gasteiger partial charge in [-0.15, -0.1) is 0 Å². The van der Waals surface area contributed by atoms with E-state index in [0.717, 1.165) is 6.07 Å². The highest BCUT2D eigenvalue weighted by molar-refractivity contribution is 7.92. The van der Waals surface area contributed by atoms with E-state index in [1.54, 1.807) is 20.9 Å². The number of nitrogens with one attached hydrogen (secondary N) is 1. The van der Waals surface area contributed by atoms with E-state index < -0.39 is 16.0 Å². The topological polar surface area (TPSA) is 111 Å².